The summed E-state index contributed by atoms with van der Waals surface area (Å²) in [6.07, 6.45) is 8.67. The van der Waals surface area contributed by atoms with Gasteiger partial charge >= 0.3 is 0 Å². The first-order chi connectivity index (χ1) is 12.1. The number of rotatable bonds is 10. The smallest absolute Gasteiger partial charge is 0.207 e. The number of methoxy groups -OCH3 is 2. The van der Waals surface area contributed by atoms with E-state index in [1.165, 1.54) is 24.8 Å². The van der Waals surface area contributed by atoms with Gasteiger partial charge < -0.3 is 19.5 Å². The Morgan fingerprint density at radius 1 is 1.16 bits per heavy atom. The highest BCUT2D eigenvalue weighted by Crippen LogP contribution is 2.61. The second-order valence-corrected chi connectivity index (χ2v) is 7.61. The number of nitrogens with one attached hydrogen (secondary N) is 1. The molecule has 25 heavy (non-hydrogen) atoms. The van der Waals surface area contributed by atoms with Crippen molar-refractivity contribution in [2.45, 2.75) is 50.5 Å². The number of hydrogen-bond donors (Lipinski definition) is 1. The van der Waals surface area contributed by atoms with E-state index in [9.17, 15) is 4.79 Å². The third-order valence-electron chi connectivity index (χ3n) is 5.73. The van der Waals surface area contributed by atoms with Crippen molar-refractivity contribution in [3.05, 3.63) is 23.8 Å². The summed E-state index contributed by atoms with van der Waals surface area (Å²) >= 11 is 0. The van der Waals surface area contributed by atoms with Crippen LogP contribution in [-0.2, 0) is 16.0 Å². The molecule has 3 rings (SSSR count). The Labute approximate surface area is 150 Å². The average molecular weight is 347 g/mol. The number of benzene rings is 1. The molecule has 0 saturated heterocycles. The highest BCUT2D eigenvalue weighted by atomic mass is 16.5. The number of carbonyl (C=O) groups is 1. The lowest BCUT2D eigenvalue weighted by Gasteiger charge is -2.61. The van der Waals surface area contributed by atoms with Gasteiger partial charge in [0, 0.05) is 25.7 Å². The Bertz CT molecular complexity index is 589. The predicted octanol–water partition coefficient (Wildman–Crippen LogP) is 3.10. The second kappa shape index (κ2) is 7.65. The van der Waals surface area contributed by atoms with Crippen LogP contribution in [0.4, 0.5) is 0 Å². The van der Waals surface area contributed by atoms with E-state index in [0.717, 1.165) is 43.6 Å². The van der Waals surface area contributed by atoms with Crippen molar-refractivity contribution < 1.29 is 19.0 Å². The first-order valence-electron chi connectivity index (χ1n) is 9.14. The third kappa shape index (κ3) is 3.92. The Kier molecular flexibility index (Phi) is 5.52. The van der Waals surface area contributed by atoms with Crippen molar-refractivity contribution in [3.8, 4) is 11.5 Å². The number of amides is 1. The maximum absolute atomic E-state index is 11.1. The van der Waals surface area contributed by atoms with Gasteiger partial charge in [0.2, 0.25) is 6.41 Å². The molecule has 5 nitrogen and oxygen atoms in total. The number of hydrogen-bond acceptors (Lipinski definition) is 4. The lowest BCUT2D eigenvalue weighted by atomic mass is 9.47. The van der Waals surface area contributed by atoms with E-state index in [2.05, 4.69) is 11.4 Å². The van der Waals surface area contributed by atoms with E-state index in [4.69, 9.17) is 14.2 Å². The van der Waals surface area contributed by atoms with E-state index in [-0.39, 0.29) is 5.54 Å². The molecule has 1 N–H and O–H groups in total. The molecule has 0 heterocycles. The number of ether oxygens (including phenoxy) is 3. The fraction of sp³-hybridized carbons (Fsp3) is 0.650. The lowest BCUT2D eigenvalue weighted by molar-refractivity contribution is -0.118. The van der Waals surface area contributed by atoms with Crippen LogP contribution in [0.25, 0.3) is 0 Å². The summed E-state index contributed by atoms with van der Waals surface area (Å²) < 4.78 is 16.3. The summed E-state index contributed by atoms with van der Waals surface area (Å²) in [6, 6.07) is 6.07. The van der Waals surface area contributed by atoms with E-state index in [1.807, 2.05) is 12.1 Å². The minimum atomic E-state index is -0.0932. The van der Waals surface area contributed by atoms with Gasteiger partial charge in [-0.3, -0.25) is 4.79 Å². The van der Waals surface area contributed by atoms with Crippen LogP contribution >= 0.6 is 0 Å². The fourth-order valence-electron chi connectivity index (χ4n) is 4.54. The highest BCUT2D eigenvalue weighted by molar-refractivity contribution is 5.50. The fourth-order valence-corrected chi connectivity index (χ4v) is 4.54. The molecule has 2 fully saturated rings. The highest BCUT2D eigenvalue weighted by Gasteiger charge is 2.56. The molecule has 1 amide bonds. The molecule has 1 aromatic rings. The van der Waals surface area contributed by atoms with Gasteiger partial charge in [0.1, 0.15) is 0 Å². The van der Waals surface area contributed by atoms with Crippen LogP contribution < -0.4 is 14.8 Å². The summed E-state index contributed by atoms with van der Waals surface area (Å²) in [5.41, 5.74) is 1.58. The standard InChI is InChI=1S/C20H29NO4/c1-23-9-4-10-25-18-11-16(5-6-17(18)24-2)12-20(21-15-22)13-19(14-20)7-3-8-19/h5-6,11,15H,3-4,7-10,12-14H2,1-2H3,(H,21,22). The maximum atomic E-state index is 11.1. The molecular formula is C20H29NO4. The molecule has 0 radical (unpaired) electrons. The minimum absolute atomic E-state index is 0.0932. The molecule has 2 saturated carbocycles. The van der Waals surface area contributed by atoms with Crippen LogP contribution in [0.5, 0.6) is 11.5 Å². The van der Waals surface area contributed by atoms with Crippen molar-refractivity contribution in [2.75, 3.05) is 27.4 Å². The topological polar surface area (TPSA) is 56.8 Å². The summed E-state index contributed by atoms with van der Waals surface area (Å²) in [6.45, 7) is 1.27. The van der Waals surface area contributed by atoms with Crippen LogP contribution in [0.2, 0.25) is 0 Å². The van der Waals surface area contributed by atoms with Gasteiger partial charge in [-0.1, -0.05) is 12.5 Å². The quantitative estimate of drug-likeness (QED) is 0.522. The SMILES string of the molecule is COCCCOc1cc(CC2(NC=O)CC3(CCC3)C2)ccc1OC. The van der Waals surface area contributed by atoms with Crippen LogP contribution in [-0.4, -0.2) is 39.4 Å². The van der Waals surface area contributed by atoms with E-state index < -0.39 is 0 Å². The third-order valence-corrected chi connectivity index (χ3v) is 5.73. The van der Waals surface area contributed by atoms with E-state index in [1.54, 1.807) is 14.2 Å². The molecule has 2 aliphatic rings. The molecule has 0 aliphatic heterocycles. The minimum Gasteiger partial charge on any atom is -0.493 e. The summed E-state index contributed by atoms with van der Waals surface area (Å²) in [5.74, 6) is 1.50. The van der Waals surface area contributed by atoms with Crippen LogP contribution in [0, 0.1) is 5.41 Å². The molecule has 0 unspecified atom stereocenters. The molecule has 1 aromatic carbocycles. The van der Waals surface area contributed by atoms with Crippen molar-refractivity contribution >= 4 is 6.41 Å². The largest absolute Gasteiger partial charge is 0.493 e. The molecule has 0 bridgehead atoms. The average Bonchev–Trinajstić information content (AvgIpc) is 2.54. The van der Waals surface area contributed by atoms with Crippen LogP contribution in [0.15, 0.2) is 18.2 Å². The van der Waals surface area contributed by atoms with Crippen LogP contribution in [0.1, 0.15) is 44.1 Å². The van der Waals surface area contributed by atoms with E-state index in [0.29, 0.717) is 18.6 Å². The normalized spacial score (nSPS) is 19.6. The van der Waals surface area contributed by atoms with Crippen molar-refractivity contribution in [1.82, 2.24) is 5.32 Å². The Hall–Kier alpha value is -1.75. The van der Waals surface area contributed by atoms with Gasteiger partial charge in [0.05, 0.1) is 13.7 Å². The van der Waals surface area contributed by atoms with Gasteiger partial charge in [-0.15, -0.1) is 0 Å². The molecule has 1 spiro atoms. The first-order valence-corrected chi connectivity index (χ1v) is 9.14. The molecule has 5 heteroatoms. The van der Waals surface area contributed by atoms with Gasteiger partial charge in [-0.2, -0.15) is 0 Å². The molecule has 0 atom stereocenters. The zero-order valence-corrected chi connectivity index (χ0v) is 15.3. The van der Waals surface area contributed by atoms with Gasteiger partial charge in [-0.05, 0) is 55.2 Å². The zero-order chi connectivity index (χ0) is 17.8. The predicted molar refractivity (Wildman–Crippen MR) is 96.1 cm³/mol. The molecule has 2 aliphatic carbocycles. The second-order valence-electron chi connectivity index (χ2n) is 7.61. The Balaban J connectivity index is 1.67. The zero-order valence-electron chi connectivity index (χ0n) is 15.3. The van der Waals surface area contributed by atoms with Gasteiger partial charge in [-0.25, -0.2) is 0 Å². The summed E-state index contributed by atoms with van der Waals surface area (Å²) in [5, 5.41) is 3.11. The molecule has 138 valence electrons. The van der Waals surface area contributed by atoms with Crippen LogP contribution in [0.3, 0.4) is 0 Å². The van der Waals surface area contributed by atoms with Crippen molar-refractivity contribution in [3.63, 3.8) is 0 Å². The Morgan fingerprint density at radius 2 is 1.96 bits per heavy atom. The Morgan fingerprint density at radius 3 is 2.56 bits per heavy atom. The molecular weight excluding hydrogens is 318 g/mol. The monoisotopic (exact) mass is 347 g/mol. The molecule has 0 aromatic heterocycles. The maximum Gasteiger partial charge on any atom is 0.207 e. The van der Waals surface area contributed by atoms with Gasteiger partial charge in [0.15, 0.2) is 11.5 Å². The van der Waals surface area contributed by atoms with Crippen molar-refractivity contribution in [2.24, 2.45) is 5.41 Å². The number of carbonyl (C=O) groups excluding carboxylic acids is 1. The summed E-state index contributed by atoms with van der Waals surface area (Å²) in [7, 11) is 3.34. The summed E-state index contributed by atoms with van der Waals surface area (Å²) in [4.78, 5) is 11.1. The van der Waals surface area contributed by atoms with Gasteiger partial charge in [0.25, 0.3) is 0 Å². The van der Waals surface area contributed by atoms with Crippen molar-refractivity contribution in [1.29, 1.82) is 0 Å². The van der Waals surface area contributed by atoms with E-state index >= 15 is 0 Å². The lowest BCUT2D eigenvalue weighted by Crippen LogP contribution is -2.63. The first kappa shape index (κ1) is 18.1.